The molecule has 0 aliphatic heterocycles. The number of hydrogen-bond donors (Lipinski definition) is 1. The first-order valence-corrected chi connectivity index (χ1v) is 17.6. The summed E-state index contributed by atoms with van der Waals surface area (Å²) in [6.45, 7) is 14.9. The average Bonchev–Trinajstić information content (AvgIpc) is 2.98. The van der Waals surface area contributed by atoms with Gasteiger partial charge in [-0.3, -0.25) is 4.79 Å². The largest absolute Gasteiger partial charge is 0.381 e. The molecule has 0 aromatic rings. The van der Waals surface area contributed by atoms with Gasteiger partial charge in [0.25, 0.3) is 0 Å². The molecule has 0 amide bonds. The van der Waals surface area contributed by atoms with E-state index in [1.165, 1.54) is 128 Å². The molecule has 1 atom stereocenters. The third kappa shape index (κ3) is 47.5. The topological polar surface area (TPSA) is 52.3 Å². The molecule has 1 unspecified atom stereocenters. The quantitative estimate of drug-likeness (QED) is 0.0852. The van der Waals surface area contributed by atoms with E-state index >= 15 is 0 Å². The first-order chi connectivity index (χ1) is 19.2. The Morgan fingerprint density at radius 3 is 1.28 bits per heavy atom. The van der Waals surface area contributed by atoms with Crippen LogP contribution in [0, 0.1) is 0 Å². The lowest BCUT2D eigenvalue weighted by Gasteiger charge is -2.13. The molecule has 0 radical (unpaired) electrons. The van der Waals surface area contributed by atoms with Crippen LogP contribution >= 0.6 is 0 Å². The van der Waals surface area contributed by atoms with Crippen LogP contribution in [-0.2, 0) is 9.53 Å². The fourth-order valence-electron chi connectivity index (χ4n) is 4.29. The van der Waals surface area contributed by atoms with Crippen molar-refractivity contribution in [2.45, 2.75) is 202 Å². The third-order valence-corrected chi connectivity index (χ3v) is 6.76. The molecule has 3 heteroatoms. The van der Waals surface area contributed by atoms with E-state index in [-0.39, 0.29) is 18.4 Å². The number of carbonyl (C=O) groups excluding carboxylic acids is 1. The highest BCUT2D eigenvalue weighted by Crippen LogP contribution is 2.14. The standard InChI is InChI=1S/C16H33NO2.C16H32.2C2H6/c1-3-4-5-6-7-8-9-10-11-12-16(19-2)13-15(18)14-17;1-3-5-7-9-11-13-15-16-14-12-10-8-6-4-2;2*1-2/h16H,3-14,17H2,1-2H3;13,15H,3-12,14,16H2,1-2H3;2*1-2H3. The van der Waals surface area contributed by atoms with Gasteiger partial charge in [0.05, 0.1) is 12.6 Å². The Labute approximate surface area is 248 Å². The molecule has 0 aliphatic carbocycles. The van der Waals surface area contributed by atoms with Crippen LogP contribution in [0.25, 0.3) is 0 Å². The monoisotopic (exact) mass is 556 g/mol. The summed E-state index contributed by atoms with van der Waals surface area (Å²) in [5.41, 5.74) is 5.31. The molecular formula is C36H77NO2. The van der Waals surface area contributed by atoms with Crippen molar-refractivity contribution in [3.63, 3.8) is 0 Å². The van der Waals surface area contributed by atoms with Gasteiger partial charge in [-0.1, -0.05) is 170 Å². The maximum Gasteiger partial charge on any atom is 0.148 e. The highest BCUT2D eigenvalue weighted by molar-refractivity contribution is 5.80. The number of ether oxygens (including phenoxy) is 1. The molecule has 0 saturated carbocycles. The SMILES string of the molecule is CC.CC.CCCCCCC=CCCCCCCCC.CCCCCCCCCCCC(CC(=O)CN)OC. The van der Waals surface area contributed by atoms with Gasteiger partial charge in [0, 0.05) is 13.5 Å². The van der Waals surface area contributed by atoms with E-state index in [1.807, 2.05) is 27.7 Å². The van der Waals surface area contributed by atoms with E-state index in [0.29, 0.717) is 6.42 Å². The minimum atomic E-state index is 0.0700. The number of ketones is 1. The zero-order chi connectivity index (χ0) is 30.2. The molecule has 0 aliphatic rings. The van der Waals surface area contributed by atoms with Crippen molar-refractivity contribution in [2.75, 3.05) is 13.7 Å². The number of hydrogen-bond acceptors (Lipinski definition) is 3. The summed E-state index contributed by atoms with van der Waals surface area (Å²) in [4.78, 5) is 11.2. The van der Waals surface area contributed by atoms with Crippen molar-refractivity contribution in [1.29, 1.82) is 0 Å². The smallest absolute Gasteiger partial charge is 0.148 e. The van der Waals surface area contributed by atoms with Crippen LogP contribution in [0.3, 0.4) is 0 Å². The Hall–Kier alpha value is -0.670. The van der Waals surface area contributed by atoms with Gasteiger partial charge in [0.15, 0.2) is 0 Å². The number of unbranched alkanes of at least 4 members (excludes halogenated alkanes) is 18. The molecular weight excluding hydrogens is 478 g/mol. The maximum absolute atomic E-state index is 11.2. The molecule has 238 valence electrons. The van der Waals surface area contributed by atoms with E-state index in [1.54, 1.807) is 7.11 Å². The van der Waals surface area contributed by atoms with Crippen molar-refractivity contribution in [2.24, 2.45) is 5.73 Å². The van der Waals surface area contributed by atoms with Crippen molar-refractivity contribution in [1.82, 2.24) is 0 Å². The van der Waals surface area contributed by atoms with Gasteiger partial charge in [0.1, 0.15) is 5.78 Å². The second-order valence-corrected chi connectivity index (χ2v) is 10.3. The fraction of sp³-hybridized carbons (Fsp3) is 0.917. The zero-order valence-corrected chi connectivity index (χ0v) is 28.6. The summed E-state index contributed by atoms with van der Waals surface area (Å²) in [5.74, 6) is 0.0998. The summed E-state index contributed by atoms with van der Waals surface area (Å²) >= 11 is 0. The van der Waals surface area contributed by atoms with Crippen LogP contribution in [0.4, 0.5) is 0 Å². The predicted molar refractivity (Wildman–Crippen MR) is 180 cm³/mol. The first-order valence-electron chi connectivity index (χ1n) is 17.6. The highest BCUT2D eigenvalue weighted by atomic mass is 16.5. The lowest BCUT2D eigenvalue weighted by Crippen LogP contribution is -2.21. The molecule has 0 aromatic carbocycles. The van der Waals surface area contributed by atoms with Crippen LogP contribution < -0.4 is 5.73 Å². The Kier molecular flexibility index (Phi) is 54.8. The van der Waals surface area contributed by atoms with Gasteiger partial charge in [0.2, 0.25) is 0 Å². The minimum Gasteiger partial charge on any atom is -0.381 e. The summed E-state index contributed by atoms with van der Waals surface area (Å²) in [7, 11) is 1.68. The molecule has 0 heterocycles. The Morgan fingerprint density at radius 1 is 0.590 bits per heavy atom. The van der Waals surface area contributed by atoms with E-state index in [0.717, 1.165) is 12.8 Å². The van der Waals surface area contributed by atoms with Gasteiger partial charge >= 0.3 is 0 Å². The third-order valence-electron chi connectivity index (χ3n) is 6.76. The molecule has 0 spiro atoms. The van der Waals surface area contributed by atoms with Crippen LogP contribution in [0.2, 0.25) is 0 Å². The second kappa shape index (κ2) is 47.1. The van der Waals surface area contributed by atoms with E-state index in [9.17, 15) is 4.79 Å². The second-order valence-electron chi connectivity index (χ2n) is 10.3. The molecule has 0 rings (SSSR count). The maximum atomic E-state index is 11.2. The zero-order valence-electron chi connectivity index (χ0n) is 28.6. The van der Waals surface area contributed by atoms with Gasteiger partial charge < -0.3 is 10.5 Å². The average molecular weight is 556 g/mol. The van der Waals surface area contributed by atoms with E-state index < -0.39 is 0 Å². The Balaban J connectivity index is -0.000000281. The summed E-state index contributed by atoms with van der Waals surface area (Å²) in [5, 5.41) is 0. The van der Waals surface area contributed by atoms with E-state index in [4.69, 9.17) is 10.5 Å². The van der Waals surface area contributed by atoms with Crippen molar-refractivity contribution in [3.05, 3.63) is 12.2 Å². The number of allylic oxidation sites excluding steroid dienone is 2. The number of nitrogens with two attached hydrogens (primary N) is 1. The molecule has 0 bridgehead atoms. The number of Topliss-reactive ketones (excluding diaryl/α,β-unsaturated/α-hetero) is 1. The van der Waals surface area contributed by atoms with Crippen LogP contribution in [0.1, 0.15) is 196 Å². The summed E-state index contributed by atoms with van der Waals surface area (Å²) in [6, 6.07) is 0. The van der Waals surface area contributed by atoms with Gasteiger partial charge in [-0.2, -0.15) is 0 Å². The lowest BCUT2D eigenvalue weighted by molar-refractivity contribution is -0.120. The van der Waals surface area contributed by atoms with Crippen LogP contribution in [0.15, 0.2) is 12.2 Å². The van der Waals surface area contributed by atoms with Crippen molar-refractivity contribution < 1.29 is 9.53 Å². The predicted octanol–water partition coefficient (Wildman–Crippen LogP) is 12.2. The normalized spacial score (nSPS) is 11.1. The molecule has 39 heavy (non-hydrogen) atoms. The van der Waals surface area contributed by atoms with Crippen molar-refractivity contribution in [3.8, 4) is 0 Å². The molecule has 0 aromatic heterocycles. The molecule has 2 N–H and O–H groups in total. The van der Waals surface area contributed by atoms with E-state index in [2.05, 4.69) is 32.9 Å². The number of methoxy groups -OCH3 is 1. The number of carbonyl (C=O) groups is 1. The van der Waals surface area contributed by atoms with Crippen LogP contribution in [0.5, 0.6) is 0 Å². The van der Waals surface area contributed by atoms with Gasteiger partial charge in [-0.15, -0.1) is 0 Å². The lowest BCUT2D eigenvalue weighted by atomic mass is 10.0. The van der Waals surface area contributed by atoms with Gasteiger partial charge in [-0.05, 0) is 32.1 Å². The fourth-order valence-corrected chi connectivity index (χ4v) is 4.29. The first kappa shape index (κ1) is 45.3. The van der Waals surface area contributed by atoms with Crippen LogP contribution in [-0.4, -0.2) is 25.5 Å². The Morgan fingerprint density at radius 2 is 0.923 bits per heavy atom. The number of rotatable bonds is 26. The highest BCUT2D eigenvalue weighted by Gasteiger charge is 2.11. The Bertz CT molecular complexity index is 422. The molecule has 3 nitrogen and oxygen atoms in total. The molecule has 0 fully saturated rings. The van der Waals surface area contributed by atoms with Crippen molar-refractivity contribution >= 4 is 5.78 Å². The summed E-state index contributed by atoms with van der Waals surface area (Å²) < 4.78 is 5.32. The summed E-state index contributed by atoms with van der Waals surface area (Å²) in [6.07, 6.45) is 34.9. The molecule has 0 saturated heterocycles. The minimum absolute atomic E-state index is 0.0700. The van der Waals surface area contributed by atoms with Gasteiger partial charge in [-0.25, -0.2) is 0 Å².